The molecule has 4 nitrogen and oxygen atoms in total. The standard InChI is InChI=1S/C37H26N4/c1-25-34-20-19-31(23-32(34)21-22-38-25)27-17-15-26(16-18-27)30-13-8-14-33(24-30)37-40-35(28-9-4-2-5-10-28)39-36(41-37)29-11-6-3-7-12-29/h2-24H,1H3. The summed E-state index contributed by atoms with van der Waals surface area (Å²) in [6.45, 7) is 2.05. The quantitative estimate of drug-likeness (QED) is 0.224. The summed E-state index contributed by atoms with van der Waals surface area (Å²) in [4.78, 5) is 19.0. The van der Waals surface area contributed by atoms with Crippen LogP contribution in [0.25, 0.3) is 67.2 Å². The van der Waals surface area contributed by atoms with Crippen LogP contribution in [0.3, 0.4) is 0 Å². The second-order valence-corrected chi connectivity index (χ2v) is 10.0. The van der Waals surface area contributed by atoms with Gasteiger partial charge in [0, 0.05) is 34.0 Å². The first-order valence-electron chi connectivity index (χ1n) is 13.6. The first-order valence-corrected chi connectivity index (χ1v) is 13.6. The summed E-state index contributed by atoms with van der Waals surface area (Å²) in [6, 6.07) is 45.8. The summed E-state index contributed by atoms with van der Waals surface area (Å²) in [5.41, 5.74) is 8.53. The minimum Gasteiger partial charge on any atom is -0.261 e. The van der Waals surface area contributed by atoms with E-state index in [1.165, 1.54) is 21.9 Å². The van der Waals surface area contributed by atoms with Crippen LogP contribution in [0.5, 0.6) is 0 Å². The van der Waals surface area contributed by atoms with Gasteiger partial charge in [0.2, 0.25) is 0 Å². The number of aromatic nitrogens is 4. The number of hydrogen-bond donors (Lipinski definition) is 0. The highest BCUT2D eigenvalue weighted by molar-refractivity contribution is 5.89. The average molecular weight is 527 g/mol. The van der Waals surface area contributed by atoms with Gasteiger partial charge in [0.15, 0.2) is 17.5 Å². The van der Waals surface area contributed by atoms with Crippen molar-refractivity contribution in [2.75, 3.05) is 0 Å². The molecule has 0 fully saturated rings. The summed E-state index contributed by atoms with van der Waals surface area (Å²) in [5, 5.41) is 2.39. The highest BCUT2D eigenvalue weighted by atomic mass is 15.0. The number of fused-ring (bicyclic) bond motifs is 1. The summed E-state index contributed by atoms with van der Waals surface area (Å²) in [5.74, 6) is 1.97. The summed E-state index contributed by atoms with van der Waals surface area (Å²) < 4.78 is 0. The van der Waals surface area contributed by atoms with E-state index in [2.05, 4.69) is 77.8 Å². The highest BCUT2D eigenvalue weighted by Crippen LogP contribution is 2.31. The molecule has 2 heterocycles. The number of pyridine rings is 1. The molecule has 0 aliphatic heterocycles. The van der Waals surface area contributed by atoms with E-state index in [0.29, 0.717) is 17.5 Å². The Morgan fingerprint density at radius 3 is 1.49 bits per heavy atom. The van der Waals surface area contributed by atoms with E-state index in [1.54, 1.807) is 0 Å². The predicted octanol–water partition coefficient (Wildman–Crippen LogP) is 9.06. The molecule has 0 aliphatic rings. The third-order valence-corrected chi connectivity index (χ3v) is 7.34. The molecule has 0 N–H and O–H groups in total. The fourth-order valence-corrected chi connectivity index (χ4v) is 5.14. The monoisotopic (exact) mass is 526 g/mol. The largest absolute Gasteiger partial charge is 0.261 e. The van der Waals surface area contributed by atoms with Crippen molar-refractivity contribution in [2.45, 2.75) is 6.92 Å². The predicted molar refractivity (Wildman–Crippen MR) is 167 cm³/mol. The van der Waals surface area contributed by atoms with E-state index in [9.17, 15) is 0 Å². The van der Waals surface area contributed by atoms with E-state index >= 15 is 0 Å². The molecule has 0 atom stereocenters. The Morgan fingerprint density at radius 1 is 0.390 bits per heavy atom. The van der Waals surface area contributed by atoms with Gasteiger partial charge < -0.3 is 0 Å². The smallest absolute Gasteiger partial charge is 0.164 e. The third-order valence-electron chi connectivity index (χ3n) is 7.34. The van der Waals surface area contributed by atoms with Crippen LogP contribution in [0.1, 0.15) is 5.69 Å². The Balaban J connectivity index is 1.25. The molecule has 7 aromatic rings. The topological polar surface area (TPSA) is 51.6 Å². The van der Waals surface area contributed by atoms with Gasteiger partial charge in [0.25, 0.3) is 0 Å². The molecule has 7 rings (SSSR count). The molecule has 0 aliphatic carbocycles. The van der Waals surface area contributed by atoms with Gasteiger partial charge in [0.05, 0.1) is 0 Å². The zero-order valence-corrected chi connectivity index (χ0v) is 22.6. The van der Waals surface area contributed by atoms with Crippen LogP contribution in [-0.4, -0.2) is 19.9 Å². The molecule has 0 amide bonds. The molecular formula is C37H26N4. The fraction of sp³-hybridized carbons (Fsp3) is 0.0270. The van der Waals surface area contributed by atoms with E-state index in [4.69, 9.17) is 15.0 Å². The molecule has 0 saturated carbocycles. The van der Waals surface area contributed by atoms with Gasteiger partial charge in [-0.15, -0.1) is 0 Å². The lowest BCUT2D eigenvalue weighted by Crippen LogP contribution is -2.00. The van der Waals surface area contributed by atoms with Gasteiger partial charge in [-0.3, -0.25) is 4.98 Å². The van der Waals surface area contributed by atoms with Crippen molar-refractivity contribution in [1.29, 1.82) is 0 Å². The van der Waals surface area contributed by atoms with E-state index in [1.807, 2.05) is 73.8 Å². The third kappa shape index (κ3) is 4.99. The lowest BCUT2D eigenvalue weighted by molar-refractivity contribution is 1.07. The van der Waals surface area contributed by atoms with Crippen LogP contribution >= 0.6 is 0 Å². The molecule has 0 spiro atoms. The lowest BCUT2D eigenvalue weighted by atomic mass is 9.97. The van der Waals surface area contributed by atoms with Gasteiger partial charge in [-0.2, -0.15) is 0 Å². The van der Waals surface area contributed by atoms with Crippen molar-refractivity contribution in [2.24, 2.45) is 0 Å². The van der Waals surface area contributed by atoms with E-state index in [0.717, 1.165) is 33.5 Å². The van der Waals surface area contributed by atoms with E-state index < -0.39 is 0 Å². The zero-order chi connectivity index (χ0) is 27.6. The van der Waals surface area contributed by atoms with Crippen molar-refractivity contribution >= 4 is 10.8 Å². The van der Waals surface area contributed by atoms with Crippen molar-refractivity contribution in [3.8, 4) is 56.4 Å². The van der Waals surface area contributed by atoms with Crippen molar-refractivity contribution < 1.29 is 0 Å². The molecule has 0 bridgehead atoms. The average Bonchev–Trinajstić information content (AvgIpc) is 3.05. The molecular weight excluding hydrogens is 500 g/mol. The zero-order valence-electron chi connectivity index (χ0n) is 22.6. The number of aryl methyl sites for hydroxylation is 1. The second kappa shape index (κ2) is 10.6. The molecule has 0 radical (unpaired) electrons. The normalized spacial score (nSPS) is 11.0. The van der Waals surface area contributed by atoms with Gasteiger partial charge in [0.1, 0.15) is 0 Å². The summed E-state index contributed by atoms with van der Waals surface area (Å²) in [6.07, 6.45) is 1.87. The van der Waals surface area contributed by atoms with Crippen molar-refractivity contribution in [1.82, 2.24) is 19.9 Å². The number of rotatable bonds is 5. The van der Waals surface area contributed by atoms with Crippen LogP contribution < -0.4 is 0 Å². The Hall–Kier alpha value is -5.48. The van der Waals surface area contributed by atoms with Gasteiger partial charge >= 0.3 is 0 Å². The van der Waals surface area contributed by atoms with Gasteiger partial charge in [-0.25, -0.2) is 15.0 Å². The molecule has 41 heavy (non-hydrogen) atoms. The Kier molecular flexibility index (Phi) is 6.34. The Bertz CT molecular complexity index is 1930. The maximum Gasteiger partial charge on any atom is 0.164 e. The van der Waals surface area contributed by atoms with Crippen LogP contribution in [-0.2, 0) is 0 Å². The first-order chi connectivity index (χ1) is 20.2. The number of hydrogen-bond acceptors (Lipinski definition) is 4. The molecule has 194 valence electrons. The molecule has 2 aromatic heterocycles. The van der Waals surface area contributed by atoms with Crippen molar-refractivity contribution in [3.63, 3.8) is 0 Å². The highest BCUT2D eigenvalue weighted by Gasteiger charge is 2.13. The van der Waals surface area contributed by atoms with Crippen LogP contribution in [0.4, 0.5) is 0 Å². The first kappa shape index (κ1) is 24.6. The second-order valence-electron chi connectivity index (χ2n) is 10.0. The molecule has 0 unspecified atom stereocenters. The van der Waals surface area contributed by atoms with Crippen LogP contribution in [0.2, 0.25) is 0 Å². The minimum absolute atomic E-state index is 0.650. The van der Waals surface area contributed by atoms with Gasteiger partial charge in [-0.05, 0) is 52.8 Å². The van der Waals surface area contributed by atoms with E-state index in [-0.39, 0.29) is 0 Å². The summed E-state index contributed by atoms with van der Waals surface area (Å²) in [7, 11) is 0. The number of nitrogens with zero attached hydrogens (tertiary/aromatic N) is 4. The Morgan fingerprint density at radius 2 is 0.878 bits per heavy atom. The fourth-order valence-electron chi connectivity index (χ4n) is 5.14. The lowest BCUT2D eigenvalue weighted by Gasteiger charge is -2.10. The van der Waals surface area contributed by atoms with Crippen molar-refractivity contribution in [3.05, 3.63) is 145 Å². The SMILES string of the molecule is Cc1nccc2cc(-c3ccc(-c4cccc(-c5nc(-c6ccccc6)nc(-c6ccccc6)n5)c4)cc3)ccc12. The van der Waals surface area contributed by atoms with Crippen LogP contribution in [0, 0.1) is 6.92 Å². The Labute approximate surface area is 239 Å². The maximum atomic E-state index is 4.89. The molecule has 5 aromatic carbocycles. The summed E-state index contributed by atoms with van der Waals surface area (Å²) >= 11 is 0. The number of benzene rings is 5. The minimum atomic E-state index is 0.650. The maximum absolute atomic E-state index is 4.89. The molecule has 4 heteroatoms. The van der Waals surface area contributed by atoms with Gasteiger partial charge in [-0.1, -0.05) is 115 Å². The van der Waals surface area contributed by atoms with Crippen LogP contribution in [0.15, 0.2) is 140 Å². The molecule has 0 saturated heterocycles.